The molecule has 0 aromatic heterocycles. The molecule has 1 heterocycles. The molecule has 0 unspecified atom stereocenters. The summed E-state index contributed by atoms with van der Waals surface area (Å²) in [5.41, 5.74) is 0.608. The zero-order chi connectivity index (χ0) is 67.1. The van der Waals surface area contributed by atoms with Crippen LogP contribution >= 0.6 is 0 Å². The number of methoxy groups -OCH3 is 1. The van der Waals surface area contributed by atoms with Gasteiger partial charge in [0, 0.05) is 55.8 Å². The molecule has 0 bridgehead atoms. The van der Waals surface area contributed by atoms with Crippen LogP contribution in [-0.2, 0) is 68.6 Å². The van der Waals surface area contributed by atoms with E-state index in [1.807, 2.05) is 48.5 Å². The van der Waals surface area contributed by atoms with Crippen LogP contribution in [0, 0.1) is 29.6 Å². The molecule has 0 radical (unpaired) electrons. The van der Waals surface area contributed by atoms with Gasteiger partial charge in [-0.05, 0) is 109 Å². The van der Waals surface area contributed by atoms with E-state index in [9.17, 15) is 43.2 Å². The molecule has 1 aromatic carbocycles. The van der Waals surface area contributed by atoms with E-state index < -0.39 is 150 Å². The summed E-state index contributed by atoms with van der Waals surface area (Å²) in [6.45, 7) is 25.3. The van der Waals surface area contributed by atoms with E-state index in [1.54, 1.807) is 64.0 Å². The van der Waals surface area contributed by atoms with E-state index in [-0.39, 0.29) is 37.0 Å². The zero-order valence-corrected chi connectivity index (χ0v) is 56.7. The Kier molecular flexibility index (Phi) is 29.3. The third-order valence-electron chi connectivity index (χ3n) is 16.9. The maximum atomic E-state index is 15.3. The Hall–Kier alpha value is -6.85. The highest BCUT2D eigenvalue weighted by Gasteiger charge is 2.46. The number of hydrogen-bond acceptors (Lipinski definition) is 15. The SMILES string of the molecule is CC[C@H](C)[C@H]1C(=O)N[C@@H](C)C(=O)N(C)[C@@H](CC(C)C)C(=O)N[C@@H](Cc2ccc(OC)cc2)C(=O)N(C)[C@H](C)C(=O)O[C@H](C)[C@H](N(C)C(=O)[C@H](CC(C)C)N(C)C(=O)[C@H](C)N(C)C(=O)[C@H](OC(=O)[C@H](C(C)C)N(C)C)C(C)C)C(=O)N(C)[C@@H](C)C(=O)N1C. The molecule has 9 amide bonds. The van der Waals surface area contributed by atoms with Crippen molar-refractivity contribution in [1.82, 2.24) is 49.8 Å². The van der Waals surface area contributed by atoms with Gasteiger partial charge in [-0.1, -0.05) is 87.8 Å². The molecule has 1 aliphatic rings. The third-order valence-corrected chi connectivity index (χ3v) is 16.9. The molecule has 0 spiro atoms. The molecule has 1 fully saturated rings. The van der Waals surface area contributed by atoms with Gasteiger partial charge in [0.2, 0.25) is 47.3 Å². The number of ether oxygens (including phenoxy) is 3. The van der Waals surface area contributed by atoms with Crippen LogP contribution in [0.5, 0.6) is 5.75 Å². The molecule has 24 heteroatoms. The summed E-state index contributed by atoms with van der Waals surface area (Å²) in [6.07, 6.45) is -2.25. The predicted molar refractivity (Wildman–Crippen MR) is 330 cm³/mol. The van der Waals surface area contributed by atoms with E-state index in [4.69, 9.17) is 14.2 Å². The Labute approximate surface area is 518 Å². The average molecular weight is 1230 g/mol. The second-order valence-corrected chi connectivity index (χ2v) is 25.5. The first kappa shape index (κ1) is 76.2. The van der Waals surface area contributed by atoms with Crippen molar-refractivity contribution >= 4 is 65.1 Å². The number of amides is 9. The molecule has 2 N–H and O–H groups in total. The molecule has 1 aliphatic heterocycles. The lowest BCUT2D eigenvalue weighted by molar-refractivity contribution is -0.170. The molecule has 13 atom stereocenters. The van der Waals surface area contributed by atoms with Crippen molar-refractivity contribution in [2.75, 3.05) is 70.5 Å². The number of nitrogens with one attached hydrogen (secondary N) is 2. The molecule has 0 aliphatic carbocycles. The van der Waals surface area contributed by atoms with Crippen LogP contribution in [0.1, 0.15) is 129 Å². The number of nitrogens with zero attached hydrogens (tertiary/aromatic N) is 8. The van der Waals surface area contributed by atoms with E-state index in [0.717, 1.165) is 14.7 Å². The van der Waals surface area contributed by atoms with Crippen LogP contribution in [0.2, 0.25) is 0 Å². The third kappa shape index (κ3) is 19.6. The minimum absolute atomic E-state index is 0.0453. The number of carbonyl (C=O) groups is 11. The fourth-order valence-electron chi connectivity index (χ4n) is 10.8. The van der Waals surface area contributed by atoms with Crippen LogP contribution < -0.4 is 15.4 Å². The summed E-state index contributed by atoms with van der Waals surface area (Å²) < 4.78 is 17.3. The van der Waals surface area contributed by atoms with E-state index in [0.29, 0.717) is 17.7 Å². The number of rotatable bonds is 20. The van der Waals surface area contributed by atoms with Gasteiger partial charge >= 0.3 is 11.9 Å². The Morgan fingerprint density at radius 3 is 1.67 bits per heavy atom. The van der Waals surface area contributed by atoms with Gasteiger partial charge in [0.1, 0.15) is 72.3 Å². The second-order valence-electron chi connectivity index (χ2n) is 25.5. The highest BCUT2D eigenvalue weighted by molar-refractivity contribution is 5.99. The molecule has 1 aromatic rings. The van der Waals surface area contributed by atoms with Crippen molar-refractivity contribution in [1.29, 1.82) is 0 Å². The summed E-state index contributed by atoms with van der Waals surface area (Å²) in [5.74, 6) is -8.99. The molecule has 1 saturated heterocycles. The lowest BCUT2D eigenvalue weighted by Crippen LogP contribution is -2.63. The Balaban J connectivity index is 2.91. The number of carbonyl (C=O) groups excluding carboxylic acids is 11. The maximum Gasteiger partial charge on any atom is 0.328 e. The van der Waals surface area contributed by atoms with Crippen LogP contribution in [0.4, 0.5) is 0 Å². The average Bonchev–Trinajstić information content (AvgIpc) is 2.52. The normalized spacial score (nSPS) is 23.8. The fraction of sp³-hybridized carbons (Fsp3) is 0.730. The van der Waals surface area contributed by atoms with Crippen molar-refractivity contribution in [3.63, 3.8) is 0 Å². The topological polar surface area (TPSA) is 265 Å². The standard InChI is InChI=1S/C63H106N10O14/c1-26-38(10)50-54(75)64-39(11)55(76)70(21)47(31-34(2)3)53(74)65-46(33-44-27-29-45(85-25)30-28-44)58(79)69(20)42(14)62(83)86-43(15)51(60(81)67(18)41(13)57(78)72(50)23)73(24)59(80)48(32-35(4)5)71(22)56(77)40(12)68(19)61(82)52(37(8)9)87-63(84)49(36(6)7)66(16)17/h27-30,34-43,46-52H,26,31-33H2,1-25H3,(H,64,75)(H,65,74)/t38-,39-,40-,41-,42+,43+,46-,47-,48-,49-,50-,51-,52+/m0/s1. The Bertz CT molecular complexity index is 2550. The van der Waals surface area contributed by atoms with Crippen LogP contribution in [-0.4, -0.2) is 247 Å². The van der Waals surface area contributed by atoms with Crippen LogP contribution in [0.25, 0.3) is 0 Å². The Morgan fingerprint density at radius 2 is 1.18 bits per heavy atom. The first-order valence-electron chi connectivity index (χ1n) is 30.4. The van der Waals surface area contributed by atoms with Gasteiger partial charge < -0.3 is 59.1 Å². The predicted octanol–water partition coefficient (Wildman–Crippen LogP) is 3.31. The van der Waals surface area contributed by atoms with Gasteiger partial charge in [-0.2, -0.15) is 0 Å². The summed E-state index contributed by atoms with van der Waals surface area (Å²) in [7, 11) is 14.6. The molecule has 87 heavy (non-hydrogen) atoms. The van der Waals surface area contributed by atoms with Gasteiger partial charge in [-0.3, -0.25) is 52.8 Å². The minimum atomic E-state index is -1.71. The van der Waals surface area contributed by atoms with E-state index in [2.05, 4.69) is 10.6 Å². The maximum absolute atomic E-state index is 15.3. The van der Waals surface area contributed by atoms with E-state index in [1.165, 1.54) is 111 Å². The van der Waals surface area contributed by atoms with Gasteiger partial charge in [0.15, 0.2) is 6.10 Å². The minimum Gasteiger partial charge on any atom is -0.497 e. The molecular formula is C63H106N10O14. The van der Waals surface area contributed by atoms with Gasteiger partial charge in [-0.25, -0.2) is 4.79 Å². The highest BCUT2D eigenvalue weighted by atomic mass is 16.6. The largest absolute Gasteiger partial charge is 0.497 e. The van der Waals surface area contributed by atoms with Crippen molar-refractivity contribution in [3.8, 4) is 5.75 Å². The van der Waals surface area contributed by atoms with Gasteiger partial charge in [-0.15, -0.1) is 0 Å². The van der Waals surface area contributed by atoms with Crippen molar-refractivity contribution in [2.45, 2.75) is 202 Å². The molecule has 492 valence electrons. The molecule has 2 rings (SSSR count). The number of esters is 2. The first-order chi connectivity index (χ1) is 40.2. The summed E-state index contributed by atoms with van der Waals surface area (Å²) in [5, 5.41) is 5.63. The van der Waals surface area contributed by atoms with Gasteiger partial charge in [0.05, 0.1) is 7.11 Å². The molecular weight excluding hydrogens is 1120 g/mol. The monoisotopic (exact) mass is 1230 g/mol. The number of hydrogen-bond donors (Lipinski definition) is 2. The highest BCUT2D eigenvalue weighted by Crippen LogP contribution is 2.25. The summed E-state index contributed by atoms with van der Waals surface area (Å²) in [4.78, 5) is 170. The van der Waals surface area contributed by atoms with Crippen LogP contribution in [0.3, 0.4) is 0 Å². The number of benzene rings is 1. The lowest BCUT2D eigenvalue weighted by atomic mass is 9.95. The summed E-state index contributed by atoms with van der Waals surface area (Å²) >= 11 is 0. The molecule has 0 saturated carbocycles. The van der Waals surface area contributed by atoms with Crippen LogP contribution in [0.15, 0.2) is 24.3 Å². The summed E-state index contributed by atoms with van der Waals surface area (Å²) in [6, 6.07) is -5.68. The lowest BCUT2D eigenvalue weighted by Gasteiger charge is -2.41. The first-order valence-corrected chi connectivity index (χ1v) is 30.4. The number of likely N-dealkylation sites (N-methyl/N-ethyl adjacent to an activating group) is 8. The van der Waals surface area contributed by atoms with Crippen molar-refractivity contribution in [3.05, 3.63) is 29.8 Å². The second kappa shape index (κ2) is 33.5. The van der Waals surface area contributed by atoms with Gasteiger partial charge in [0.25, 0.3) is 5.91 Å². The quantitative estimate of drug-likeness (QED) is 0.178. The Morgan fingerprint density at radius 1 is 0.632 bits per heavy atom. The van der Waals surface area contributed by atoms with Crippen molar-refractivity contribution < 1.29 is 67.0 Å². The van der Waals surface area contributed by atoms with Crippen molar-refractivity contribution in [2.24, 2.45) is 29.6 Å². The fourth-order valence-corrected chi connectivity index (χ4v) is 10.8. The molecule has 24 nitrogen and oxygen atoms in total. The van der Waals surface area contributed by atoms with E-state index >= 15 is 9.59 Å². The number of cyclic esters (lactones) is 1. The smallest absolute Gasteiger partial charge is 0.328 e. The zero-order valence-electron chi connectivity index (χ0n) is 56.7.